The summed E-state index contributed by atoms with van der Waals surface area (Å²) in [7, 11) is 1.69. The Morgan fingerprint density at radius 2 is 1.91 bits per heavy atom. The first kappa shape index (κ1) is 20.2. The van der Waals surface area contributed by atoms with Crippen molar-refractivity contribution in [3.8, 4) is 11.4 Å². The second-order valence-corrected chi connectivity index (χ2v) is 8.34. The molecule has 6 nitrogen and oxygen atoms in total. The van der Waals surface area contributed by atoms with Crippen LogP contribution in [0.3, 0.4) is 0 Å². The maximum atomic E-state index is 5.62. The standard InChI is InChI=1S/C26H27N5O/c1-18-6-10-21(11-7-18)22-5-4-14-31-26(22)28-25(29-31)13-9-20-8-12-23(24(15-20)32-3)30-16-19(2)27-17-30/h6-13,15-17,22H,4-5,14H2,1-3H3/b13-9+. The van der Waals surface area contributed by atoms with Gasteiger partial charge in [0.25, 0.3) is 0 Å². The lowest BCUT2D eigenvalue weighted by Gasteiger charge is -2.22. The summed E-state index contributed by atoms with van der Waals surface area (Å²) in [6.45, 7) is 5.01. The number of aromatic nitrogens is 5. The number of benzene rings is 2. The molecule has 5 rings (SSSR count). The summed E-state index contributed by atoms with van der Waals surface area (Å²) >= 11 is 0. The van der Waals surface area contributed by atoms with Gasteiger partial charge in [-0.2, -0.15) is 5.10 Å². The average Bonchev–Trinajstić information content (AvgIpc) is 3.43. The minimum Gasteiger partial charge on any atom is -0.495 e. The van der Waals surface area contributed by atoms with E-state index in [1.165, 1.54) is 11.1 Å². The van der Waals surface area contributed by atoms with Crippen molar-refractivity contribution in [2.45, 2.75) is 39.2 Å². The summed E-state index contributed by atoms with van der Waals surface area (Å²) < 4.78 is 9.66. The normalized spacial score (nSPS) is 15.8. The third-order valence-corrected chi connectivity index (χ3v) is 5.99. The molecule has 3 heterocycles. The molecule has 0 fully saturated rings. The number of hydrogen-bond acceptors (Lipinski definition) is 4. The second kappa shape index (κ2) is 8.46. The molecule has 0 aliphatic carbocycles. The van der Waals surface area contributed by atoms with Gasteiger partial charge in [0.2, 0.25) is 0 Å². The number of imidazole rings is 1. The zero-order valence-corrected chi connectivity index (χ0v) is 18.7. The van der Waals surface area contributed by atoms with Gasteiger partial charge >= 0.3 is 0 Å². The molecule has 1 unspecified atom stereocenters. The first-order chi connectivity index (χ1) is 15.6. The molecule has 162 valence electrons. The van der Waals surface area contributed by atoms with E-state index in [0.717, 1.165) is 53.7 Å². The quantitative estimate of drug-likeness (QED) is 0.442. The van der Waals surface area contributed by atoms with Crippen LogP contribution in [-0.4, -0.2) is 31.4 Å². The van der Waals surface area contributed by atoms with E-state index in [-0.39, 0.29) is 0 Å². The van der Waals surface area contributed by atoms with Gasteiger partial charge in [-0.25, -0.2) is 14.6 Å². The first-order valence-corrected chi connectivity index (χ1v) is 11.0. The first-order valence-electron chi connectivity index (χ1n) is 11.0. The van der Waals surface area contributed by atoms with Gasteiger partial charge in [0.05, 0.1) is 24.8 Å². The van der Waals surface area contributed by atoms with Crippen LogP contribution in [0.5, 0.6) is 5.75 Å². The van der Waals surface area contributed by atoms with Crippen LogP contribution in [0.4, 0.5) is 0 Å². The molecule has 0 N–H and O–H groups in total. The van der Waals surface area contributed by atoms with Crippen molar-refractivity contribution in [3.63, 3.8) is 0 Å². The maximum Gasteiger partial charge on any atom is 0.174 e. The third kappa shape index (κ3) is 3.96. The molecule has 0 saturated heterocycles. The van der Waals surface area contributed by atoms with Crippen molar-refractivity contribution < 1.29 is 4.74 Å². The summed E-state index contributed by atoms with van der Waals surface area (Å²) in [5.74, 6) is 2.90. The Bertz CT molecular complexity index is 1270. The third-order valence-electron chi connectivity index (χ3n) is 5.99. The SMILES string of the molecule is COc1cc(/C=C/c2nc3n(n2)CCCC3c2ccc(C)cc2)ccc1-n1cnc(C)c1. The van der Waals surface area contributed by atoms with Crippen LogP contribution in [0.25, 0.3) is 17.8 Å². The van der Waals surface area contributed by atoms with Gasteiger partial charge in [-0.05, 0) is 56.0 Å². The maximum absolute atomic E-state index is 5.62. The highest BCUT2D eigenvalue weighted by atomic mass is 16.5. The van der Waals surface area contributed by atoms with Crippen LogP contribution in [0.1, 0.15) is 52.8 Å². The number of aryl methyl sites for hydroxylation is 3. The summed E-state index contributed by atoms with van der Waals surface area (Å²) in [6, 6.07) is 14.9. The lowest BCUT2D eigenvalue weighted by molar-refractivity contribution is 0.413. The van der Waals surface area contributed by atoms with Crippen LogP contribution < -0.4 is 4.74 Å². The molecular weight excluding hydrogens is 398 g/mol. The van der Waals surface area contributed by atoms with Crippen molar-refractivity contribution in [2.75, 3.05) is 7.11 Å². The lowest BCUT2D eigenvalue weighted by atomic mass is 9.91. The Morgan fingerprint density at radius 3 is 2.66 bits per heavy atom. The van der Waals surface area contributed by atoms with Crippen LogP contribution in [0.2, 0.25) is 0 Å². The molecule has 2 aromatic carbocycles. The molecule has 6 heteroatoms. The van der Waals surface area contributed by atoms with Gasteiger partial charge in [0.1, 0.15) is 11.6 Å². The molecule has 1 atom stereocenters. The summed E-state index contributed by atoms with van der Waals surface area (Å²) in [5.41, 5.74) is 5.55. The predicted molar refractivity (Wildman–Crippen MR) is 126 cm³/mol. The number of methoxy groups -OCH3 is 1. The predicted octanol–water partition coefficient (Wildman–Crippen LogP) is 5.19. The minimum absolute atomic E-state index is 0.303. The van der Waals surface area contributed by atoms with Crippen molar-refractivity contribution in [2.24, 2.45) is 0 Å². The number of nitrogens with zero attached hydrogens (tertiary/aromatic N) is 5. The average molecular weight is 426 g/mol. The summed E-state index contributed by atoms with van der Waals surface area (Å²) in [6.07, 6.45) is 10.0. The zero-order valence-electron chi connectivity index (χ0n) is 18.7. The number of fused-ring (bicyclic) bond motifs is 1. The second-order valence-electron chi connectivity index (χ2n) is 8.34. The molecule has 1 aliphatic rings. The summed E-state index contributed by atoms with van der Waals surface area (Å²) in [4.78, 5) is 9.18. The van der Waals surface area contributed by atoms with Gasteiger partial charge in [0.15, 0.2) is 5.82 Å². The van der Waals surface area contributed by atoms with E-state index < -0.39 is 0 Å². The molecule has 0 spiro atoms. The van der Waals surface area contributed by atoms with E-state index >= 15 is 0 Å². The number of ether oxygens (including phenoxy) is 1. The molecule has 0 saturated carbocycles. The fourth-order valence-electron chi connectivity index (χ4n) is 4.29. The Labute approximate surface area is 188 Å². The Morgan fingerprint density at radius 1 is 1.06 bits per heavy atom. The molecule has 1 aliphatic heterocycles. The van der Waals surface area contributed by atoms with Crippen molar-refractivity contribution in [1.82, 2.24) is 24.3 Å². The van der Waals surface area contributed by atoms with Crippen molar-refractivity contribution in [1.29, 1.82) is 0 Å². The fraction of sp³-hybridized carbons (Fsp3) is 0.269. The van der Waals surface area contributed by atoms with Gasteiger partial charge in [0, 0.05) is 18.7 Å². The van der Waals surface area contributed by atoms with Crippen LogP contribution in [-0.2, 0) is 6.54 Å². The monoisotopic (exact) mass is 425 g/mol. The number of rotatable bonds is 5. The van der Waals surface area contributed by atoms with E-state index in [0.29, 0.717) is 5.92 Å². The zero-order chi connectivity index (χ0) is 22.1. The van der Waals surface area contributed by atoms with E-state index in [1.807, 2.05) is 42.0 Å². The topological polar surface area (TPSA) is 57.8 Å². The largest absolute Gasteiger partial charge is 0.495 e. The highest BCUT2D eigenvalue weighted by Crippen LogP contribution is 2.32. The Kier molecular flexibility index (Phi) is 5.35. The van der Waals surface area contributed by atoms with Gasteiger partial charge in [-0.1, -0.05) is 42.0 Å². The van der Waals surface area contributed by atoms with E-state index in [1.54, 1.807) is 13.4 Å². The van der Waals surface area contributed by atoms with Crippen molar-refractivity contribution >= 4 is 12.2 Å². The highest BCUT2D eigenvalue weighted by Gasteiger charge is 2.25. The summed E-state index contributed by atoms with van der Waals surface area (Å²) in [5, 5.41) is 4.74. The van der Waals surface area contributed by atoms with Gasteiger partial charge in [-0.15, -0.1) is 0 Å². The van der Waals surface area contributed by atoms with Gasteiger partial charge < -0.3 is 9.30 Å². The molecule has 0 amide bonds. The van der Waals surface area contributed by atoms with E-state index in [9.17, 15) is 0 Å². The molecule has 0 bridgehead atoms. The van der Waals surface area contributed by atoms with Crippen molar-refractivity contribution in [3.05, 3.63) is 89.0 Å². The van der Waals surface area contributed by atoms with Crippen LogP contribution in [0.15, 0.2) is 55.0 Å². The van der Waals surface area contributed by atoms with E-state index in [2.05, 4.69) is 46.9 Å². The number of hydrogen-bond donors (Lipinski definition) is 0. The van der Waals surface area contributed by atoms with Gasteiger partial charge in [-0.3, -0.25) is 0 Å². The fourth-order valence-corrected chi connectivity index (χ4v) is 4.29. The Balaban J connectivity index is 1.40. The molecule has 4 aromatic rings. The van der Waals surface area contributed by atoms with Crippen LogP contribution in [0, 0.1) is 13.8 Å². The van der Waals surface area contributed by atoms with Crippen LogP contribution >= 0.6 is 0 Å². The smallest absolute Gasteiger partial charge is 0.174 e. The minimum atomic E-state index is 0.303. The van der Waals surface area contributed by atoms with E-state index in [4.69, 9.17) is 14.8 Å². The molecule has 0 radical (unpaired) electrons. The lowest BCUT2D eigenvalue weighted by Crippen LogP contribution is -2.17. The highest BCUT2D eigenvalue weighted by molar-refractivity contribution is 5.69. The molecule has 32 heavy (non-hydrogen) atoms. The Hall–Kier alpha value is -3.67. The molecule has 2 aromatic heterocycles. The molecular formula is C26H27N5O.